The third-order valence-electron chi connectivity index (χ3n) is 5.88. The third kappa shape index (κ3) is 4.34. The Bertz CT molecular complexity index is 1570. The molecule has 0 saturated carbocycles. The van der Waals surface area contributed by atoms with Crippen molar-refractivity contribution in [2.24, 2.45) is 0 Å². The largest absolute Gasteiger partial charge is 0.462 e. The molecule has 0 aliphatic carbocycles. The van der Waals surface area contributed by atoms with Gasteiger partial charge >= 0.3 is 5.97 Å². The van der Waals surface area contributed by atoms with E-state index in [0.717, 1.165) is 11.1 Å². The van der Waals surface area contributed by atoms with Crippen LogP contribution in [0.4, 0.5) is 5.82 Å². The average molecular weight is 477 g/mol. The van der Waals surface area contributed by atoms with Gasteiger partial charge in [0.2, 0.25) is 0 Å². The Labute approximate surface area is 208 Å². The van der Waals surface area contributed by atoms with E-state index in [4.69, 9.17) is 9.72 Å². The number of esters is 1. The fourth-order valence-electron chi connectivity index (χ4n) is 4.13. The Morgan fingerprint density at radius 1 is 0.917 bits per heavy atom. The standard InChI is InChI=1S/C29H24N4O3/c1-3-36-29(35)24-18-30-33(20-12-5-4-6-13-20)27(24)32-28(34)23-17-26(21-14-8-7-11-19(21)2)31-25-16-10-9-15-22(23)25/h4-18H,3H2,1-2H3,(H,32,34). The maximum absolute atomic E-state index is 13.8. The summed E-state index contributed by atoms with van der Waals surface area (Å²) in [5, 5.41) is 8.00. The fraction of sp³-hybridized carbons (Fsp3) is 0.103. The molecule has 0 bridgehead atoms. The number of hydrogen-bond acceptors (Lipinski definition) is 5. The number of carbonyl (C=O) groups excluding carboxylic acids is 2. The van der Waals surface area contributed by atoms with Gasteiger partial charge in [0.15, 0.2) is 5.82 Å². The number of carbonyl (C=O) groups is 2. The molecule has 1 amide bonds. The lowest BCUT2D eigenvalue weighted by atomic mass is 10.0. The maximum atomic E-state index is 13.8. The van der Waals surface area contributed by atoms with Gasteiger partial charge in [-0.1, -0.05) is 60.7 Å². The van der Waals surface area contributed by atoms with Gasteiger partial charge in [-0.2, -0.15) is 5.10 Å². The van der Waals surface area contributed by atoms with Gasteiger partial charge < -0.3 is 10.1 Å². The van der Waals surface area contributed by atoms with Crippen LogP contribution in [0.5, 0.6) is 0 Å². The molecule has 36 heavy (non-hydrogen) atoms. The number of aryl methyl sites for hydroxylation is 1. The van der Waals surface area contributed by atoms with E-state index in [1.807, 2.05) is 85.8 Å². The molecule has 7 nitrogen and oxygen atoms in total. The second kappa shape index (κ2) is 9.84. The monoisotopic (exact) mass is 476 g/mol. The fourth-order valence-corrected chi connectivity index (χ4v) is 4.13. The molecule has 7 heteroatoms. The molecule has 5 aromatic rings. The smallest absolute Gasteiger partial charge is 0.343 e. The van der Waals surface area contributed by atoms with Crippen molar-refractivity contribution in [3.63, 3.8) is 0 Å². The molecule has 0 fully saturated rings. The van der Waals surface area contributed by atoms with Gasteiger partial charge in [0.1, 0.15) is 5.56 Å². The summed E-state index contributed by atoms with van der Waals surface area (Å²) >= 11 is 0. The van der Waals surface area contributed by atoms with E-state index in [2.05, 4.69) is 10.4 Å². The van der Waals surface area contributed by atoms with Crippen LogP contribution in [0.25, 0.3) is 27.8 Å². The molecule has 0 radical (unpaired) electrons. The number of rotatable bonds is 6. The zero-order chi connectivity index (χ0) is 25.1. The van der Waals surface area contributed by atoms with E-state index in [-0.39, 0.29) is 23.9 Å². The third-order valence-corrected chi connectivity index (χ3v) is 5.88. The van der Waals surface area contributed by atoms with Gasteiger partial charge in [-0.3, -0.25) is 4.79 Å². The van der Waals surface area contributed by atoms with Crippen molar-refractivity contribution < 1.29 is 14.3 Å². The highest BCUT2D eigenvalue weighted by molar-refractivity contribution is 6.14. The van der Waals surface area contributed by atoms with E-state index in [1.165, 1.54) is 10.9 Å². The molecule has 2 aromatic heterocycles. The molecule has 2 heterocycles. The van der Waals surface area contributed by atoms with Crippen molar-refractivity contribution in [1.82, 2.24) is 14.8 Å². The Morgan fingerprint density at radius 3 is 2.42 bits per heavy atom. The van der Waals surface area contributed by atoms with Gasteiger partial charge in [-0.25, -0.2) is 14.5 Å². The second-order valence-corrected chi connectivity index (χ2v) is 8.22. The van der Waals surface area contributed by atoms with Crippen LogP contribution < -0.4 is 5.32 Å². The van der Waals surface area contributed by atoms with Crippen LogP contribution in [0, 0.1) is 6.92 Å². The van der Waals surface area contributed by atoms with Crippen molar-refractivity contribution in [2.75, 3.05) is 11.9 Å². The van der Waals surface area contributed by atoms with E-state index in [9.17, 15) is 9.59 Å². The lowest BCUT2D eigenvalue weighted by molar-refractivity contribution is 0.0527. The summed E-state index contributed by atoms with van der Waals surface area (Å²) in [6, 6.07) is 26.5. The summed E-state index contributed by atoms with van der Waals surface area (Å²) in [5.74, 6) is -0.704. The summed E-state index contributed by atoms with van der Waals surface area (Å²) in [6.07, 6.45) is 1.41. The minimum Gasteiger partial charge on any atom is -0.462 e. The van der Waals surface area contributed by atoms with Crippen LogP contribution in [-0.2, 0) is 4.74 Å². The predicted molar refractivity (Wildman–Crippen MR) is 139 cm³/mol. The number of pyridine rings is 1. The highest BCUT2D eigenvalue weighted by Crippen LogP contribution is 2.28. The highest BCUT2D eigenvalue weighted by Gasteiger charge is 2.23. The number of ether oxygens (including phenoxy) is 1. The molecule has 0 atom stereocenters. The minimum absolute atomic E-state index is 0.173. The molecule has 0 aliphatic heterocycles. The quantitative estimate of drug-likeness (QED) is 0.312. The molecular weight excluding hydrogens is 452 g/mol. The van der Waals surface area contributed by atoms with Crippen molar-refractivity contribution >= 4 is 28.6 Å². The van der Waals surface area contributed by atoms with E-state index in [0.29, 0.717) is 27.8 Å². The SMILES string of the molecule is CCOC(=O)c1cnn(-c2ccccc2)c1NC(=O)c1cc(-c2ccccc2C)nc2ccccc12. The van der Waals surface area contributed by atoms with Gasteiger partial charge in [-0.15, -0.1) is 0 Å². The van der Waals surface area contributed by atoms with Crippen LogP contribution in [0.1, 0.15) is 33.2 Å². The van der Waals surface area contributed by atoms with Crippen LogP contribution in [-0.4, -0.2) is 33.2 Å². The number of anilines is 1. The number of benzene rings is 3. The minimum atomic E-state index is -0.560. The molecule has 0 unspecified atom stereocenters. The first kappa shape index (κ1) is 23.0. The molecule has 178 valence electrons. The number of amides is 1. The summed E-state index contributed by atoms with van der Waals surface area (Å²) < 4.78 is 6.74. The number of fused-ring (bicyclic) bond motifs is 1. The molecule has 3 aromatic carbocycles. The summed E-state index contributed by atoms with van der Waals surface area (Å²) in [7, 11) is 0. The van der Waals surface area contributed by atoms with Crippen molar-refractivity contribution in [3.05, 3.63) is 108 Å². The molecule has 0 saturated heterocycles. The van der Waals surface area contributed by atoms with Crippen LogP contribution in [0.2, 0.25) is 0 Å². The van der Waals surface area contributed by atoms with Gasteiger partial charge in [0.25, 0.3) is 5.91 Å². The van der Waals surface area contributed by atoms with Gasteiger partial charge in [-0.05, 0) is 43.7 Å². The van der Waals surface area contributed by atoms with Crippen molar-refractivity contribution in [3.8, 4) is 16.9 Å². The number of nitrogens with zero attached hydrogens (tertiary/aromatic N) is 3. The van der Waals surface area contributed by atoms with Crippen LogP contribution in [0.3, 0.4) is 0 Å². The highest BCUT2D eigenvalue weighted by atomic mass is 16.5. The van der Waals surface area contributed by atoms with E-state index >= 15 is 0 Å². The summed E-state index contributed by atoms with van der Waals surface area (Å²) in [5.41, 5.74) is 4.70. The first-order chi connectivity index (χ1) is 17.6. The number of para-hydroxylation sites is 2. The Morgan fingerprint density at radius 2 is 1.64 bits per heavy atom. The number of nitrogens with one attached hydrogen (secondary N) is 1. The van der Waals surface area contributed by atoms with E-state index < -0.39 is 5.97 Å². The molecular formula is C29H24N4O3. The lowest BCUT2D eigenvalue weighted by Crippen LogP contribution is -2.18. The summed E-state index contributed by atoms with van der Waals surface area (Å²) in [4.78, 5) is 31.3. The van der Waals surface area contributed by atoms with Gasteiger partial charge in [0.05, 0.1) is 35.3 Å². The zero-order valence-corrected chi connectivity index (χ0v) is 19.9. The lowest BCUT2D eigenvalue weighted by Gasteiger charge is -2.14. The normalized spacial score (nSPS) is 10.8. The Hall–Kier alpha value is -4.78. The molecule has 1 N–H and O–H groups in total. The first-order valence-electron chi connectivity index (χ1n) is 11.6. The predicted octanol–water partition coefficient (Wildman–Crippen LogP) is 5.82. The Balaban J connectivity index is 1.63. The number of aromatic nitrogens is 3. The van der Waals surface area contributed by atoms with Gasteiger partial charge in [0, 0.05) is 10.9 Å². The van der Waals surface area contributed by atoms with Crippen LogP contribution >= 0.6 is 0 Å². The van der Waals surface area contributed by atoms with Crippen molar-refractivity contribution in [2.45, 2.75) is 13.8 Å². The van der Waals surface area contributed by atoms with Crippen LogP contribution in [0.15, 0.2) is 91.1 Å². The molecule has 5 rings (SSSR count). The maximum Gasteiger partial charge on any atom is 0.343 e. The topological polar surface area (TPSA) is 86.1 Å². The molecule has 0 spiro atoms. The first-order valence-corrected chi connectivity index (χ1v) is 11.6. The summed E-state index contributed by atoms with van der Waals surface area (Å²) in [6.45, 7) is 3.95. The van der Waals surface area contributed by atoms with Crippen molar-refractivity contribution in [1.29, 1.82) is 0 Å². The average Bonchev–Trinajstić information content (AvgIpc) is 3.32. The van der Waals surface area contributed by atoms with E-state index in [1.54, 1.807) is 13.0 Å². The Kier molecular flexibility index (Phi) is 6.28. The zero-order valence-electron chi connectivity index (χ0n) is 19.9. The molecule has 0 aliphatic rings. The number of hydrogen-bond donors (Lipinski definition) is 1. The second-order valence-electron chi connectivity index (χ2n) is 8.22.